The van der Waals surface area contributed by atoms with E-state index in [2.05, 4.69) is 10.4 Å². The predicted octanol–water partition coefficient (Wildman–Crippen LogP) is 6.06. The first-order valence-corrected chi connectivity index (χ1v) is 10.0. The van der Waals surface area contributed by atoms with Gasteiger partial charge in [-0.05, 0) is 48.7 Å². The van der Waals surface area contributed by atoms with Crippen LogP contribution in [0, 0.1) is 5.92 Å². The normalized spacial score (nSPS) is 14.9. The van der Waals surface area contributed by atoms with Crippen molar-refractivity contribution >= 4 is 11.7 Å². The number of amides is 1. The molecule has 0 spiro atoms. The van der Waals surface area contributed by atoms with E-state index in [9.17, 15) is 18.0 Å². The molecule has 158 valence electrons. The fraction of sp³-hybridized carbons (Fsp3) is 0.364. The molecule has 0 radical (unpaired) electrons. The lowest BCUT2D eigenvalue weighted by Crippen LogP contribution is -2.15. The van der Waals surface area contributed by atoms with Gasteiger partial charge in [0.2, 0.25) is 5.91 Å². The minimum absolute atomic E-state index is 0.138. The number of aromatic nitrogens is 2. The minimum Gasteiger partial charge on any atom is -0.463 e. The Hall–Kier alpha value is -3.03. The van der Waals surface area contributed by atoms with E-state index in [-0.39, 0.29) is 5.91 Å². The van der Waals surface area contributed by atoms with Crippen molar-refractivity contribution in [3.05, 3.63) is 54.3 Å². The van der Waals surface area contributed by atoms with Crippen molar-refractivity contribution < 1.29 is 22.4 Å². The third-order valence-corrected chi connectivity index (χ3v) is 5.44. The third-order valence-electron chi connectivity index (χ3n) is 5.44. The van der Waals surface area contributed by atoms with Crippen LogP contribution in [-0.4, -0.2) is 15.7 Å². The van der Waals surface area contributed by atoms with E-state index in [1.54, 1.807) is 18.2 Å². The van der Waals surface area contributed by atoms with Crippen molar-refractivity contribution in [2.45, 2.75) is 44.7 Å². The summed E-state index contributed by atoms with van der Waals surface area (Å²) in [6.07, 6.45) is 3.10. The van der Waals surface area contributed by atoms with Gasteiger partial charge in [0.15, 0.2) is 5.76 Å². The highest BCUT2D eigenvalue weighted by Gasteiger charge is 2.30. The average Bonchev–Trinajstić information content (AvgIpc) is 3.47. The molecule has 1 amide bonds. The molecule has 30 heavy (non-hydrogen) atoms. The van der Waals surface area contributed by atoms with Crippen LogP contribution in [0.15, 0.2) is 53.1 Å². The van der Waals surface area contributed by atoms with E-state index in [1.807, 2.05) is 0 Å². The van der Waals surface area contributed by atoms with Crippen LogP contribution >= 0.6 is 0 Å². The van der Waals surface area contributed by atoms with Gasteiger partial charge in [0.1, 0.15) is 11.5 Å². The predicted molar refractivity (Wildman–Crippen MR) is 106 cm³/mol. The standard InChI is InChI=1S/C22H22F3N3O2/c23-22(24,25)16-8-10-17(11-9-16)28-20(14-18(27-28)19-6-3-13-30-19)26-21(29)12-7-15-4-1-2-5-15/h3,6,8-11,13-15H,1-2,4-5,7,12H2,(H,26,29). The molecule has 1 N–H and O–H groups in total. The molecular formula is C22H22F3N3O2. The van der Waals surface area contributed by atoms with E-state index >= 15 is 0 Å². The SMILES string of the molecule is O=C(CCC1CCCC1)Nc1cc(-c2ccco2)nn1-c1ccc(C(F)(F)F)cc1. The molecule has 2 heterocycles. The molecular weight excluding hydrogens is 395 g/mol. The number of nitrogens with zero attached hydrogens (tertiary/aromatic N) is 2. The summed E-state index contributed by atoms with van der Waals surface area (Å²) in [4.78, 5) is 12.5. The zero-order valence-electron chi connectivity index (χ0n) is 16.3. The number of furan rings is 1. The molecule has 3 aromatic rings. The first-order valence-electron chi connectivity index (χ1n) is 10.0. The summed E-state index contributed by atoms with van der Waals surface area (Å²) in [5, 5.41) is 7.29. The lowest BCUT2D eigenvalue weighted by molar-refractivity contribution is -0.137. The fourth-order valence-corrected chi connectivity index (χ4v) is 3.84. The van der Waals surface area contributed by atoms with Crippen molar-refractivity contribution in [3.63, 3.8) is 0 Å². The molecule has 0 atom stereocenters. The zero-order valence-corrected chi connectivity index (χ0v) is 16.3. The largest absolute Gasteiger partial charge is 0.463 e. The molecule has 0 aliphatic heterocycles. The Balaban J connectivity index is 1.57. The fourth-order valence-electron chi connectivity index (χ4n) is 3.84. The first kappa shape index (κ1) is 20.3. The summed E-state index contributed by atoms with van der Waals surface area (Å²) in [6.45, 7) is 0. The summed E-state index contributed by atoms with van der Waals surface area (Å²) < 4.78 is 45.4. The monoisotopic (exact) mass is 417 g/mol. The molecule has 0 saturated heterocycles. The number of nitrogens with one attached hydrogen (secondary N) is 1. The van der Waals surface area contributed by atoms with Crippen molar-refractivity contribution in [2.24, 2.45) is 5.92 Å². The van der Waals surface area contributed by atoms with Crippen LogP contribution in [0.2, 0.25) is 0 Å². The first-order chi connectivity index (χ1) is 14.4. The van der Waals surface area contributed by atoms with Gasteiger partial charge in [0.25, 0.3) is 0 Å². The highest BCUT2D eigenvalue weighted by atomic mass is 19.4. The quantitative estimate of drug-likeness (QED) is 0.530. The summed E-state index contributed by atoms with van der Waals surface area (Å²) in [7, 11) is 0. The molecule has 0 unspecified atom stereocenters. The van der Waals surface area contributed by atoms with E-state index in [1.165, 1.54) is 48.8 Å². The molecule has 0 bridgehead atoms. The van der Waals surface area contributed by atoms with Gasteiger partial charge < -0.3 is 9.73 Å². The van der Waals surface area contributed by atoms with Gasteiger partial charge >= 0.3 is 6.18 Å². The molecule has 2 aromatic heterocycles. The Labute approximate surface area is 171 Å². The number of anilines is 1. The van der Waals surface area contributed by atoms with E-state index in [0.717, 1.165) is 18.6 Å². The molecule has 1 aromatic carbocycles. The van der Waals surface area contributed by atoms with Gasteiger partial charge in [-0.3, -0.25) is 4.79 Å². The summed E-state index contributed by atoms with van der Waals surface area (Å²) in [6, 6.07) is 9.75. The Morgan fingerprint density at radius 1 is 1.17 bits per heavy atom. The zero-order chi connectivity index (χ0) is 21.1. The van der Waals surface area contributed by atoms with Gasteiger partial charge in [0.05, 0.1) is 17.5 Å². The highest BCUT2D eigenvalue weighted by Crippen LogP contribution is 2.31. The molecule has 1 saturated carbocycles. The molecule has 5 nitrogen and oxygen atoms in total. The van der Waals surface area contributed by atoms with Crippen molar-refractivity contribution in [3.8, 4) is 17.1 Å². The number of carbonyl (C=O) groups is 1. The highest BCUT2D eigenvalue weighted by molar-refractivity contribution is 5.90. The Morgan fingerprint density at radius 3 is 2.53 bits per heavy atom. The van der Waals surface area contributed by atoms with Crippen LogP contribution in [0.5, 0.6) is 0 Å². The van der Waals surface area contributed by atoms with E-state index in [4.69, 9.17) is 4.42 Å². The van der Waals surface area contributed by atoms with Crippen molar-refractivity contribution in [1.29, 1.82) is 0 Å². The molecule has 1 fully saturated rings. The second-order valence-electron chi connectivity index (χ2n) is 7.59. The topological polar surface area (TPSA) is 60.1 Å². The minimum atomic E-state index is -4.42. The second-order valence-corrected chi connectivity index (χ2v) is 7.59. The van der Waals surface area contributed by atoms with Gasteiger partial charge in [0, 0.05) is 12.5 Å². The number of halogens is 3. The number of hydrogen-bond acceptors (Lipinski definition) is 3. The number of hydrogen-bond donors (Lipinski definition) is 1. The van der Waals surface area contributed by atoms with Crippen LogP contribution in [-0.2, 0) is 11.0 Å². The van der Waals surface area contributed by atoms with Gasteiger partial charge in [-0.2, -0.15) is 18.3 Å². The molecule has 1 aliphatic carbocycles. The lowest BCUT2D eigenvalue weighted by Gasteiger charge is -2.12. The average molecular weight is 417 g/mol. The van der Waals surface area contributed by atoms with Gasteiger partial charge in [-0.15, -0.1) is 0 Å². The smallest absolute Gasteiger partial charge is 0.416 e. The summed E-state index contributed by atoms with van der Waals surface area (Å²) in [5.41, 5.74) is 0.143. The van der Waals surface area contributed by atoms with Crippen LogP contribution in [0.3, 0.4) is 0 Å². The van der Waals surface area contributed by atoms with Crippen molar-refractivity contribution in [1.82, 2.24) is 9.78 Å². The number of alkyl halides is 3. The second kappa shape index (κ2) is 8.38. The third kappa shape index (κ3) is 4.58. The number of benzene rings is 1. The maximum Gasteiger partial charge on any atom is 0.416 e. The van der Waals surface area contributed by atoms with Crippen molar-refractivity contribution in [2.75, 3.05) is 5.32 Å². The van der Waals surface area contributed by atoms with E-state index < -0.39 is 11.7 Å². The van der Waals surface area contributed by atoms with Gasteiger partial charge in [-0.1, -0.05) is 25.7 Å². The maximum absolute atomic E-state index is 12.9. The number of rotatable bonds is 6. The van der Waals surface area contributed by atoms with Gasteiger partial charge in [-0.25, -0.2) is 4.68 Å². The van der Waals surface area contributed by atoms with Crippen LogP contribution in [0.1, 0.15) is 44.1 Å². The summed E-state index contributed by atoms with van der Waals surface area (Å²) in [5.74, 6) is 1.34. The summed E-state index contributed by atoms with van der Waals surface area (Å²) >= 11 is 0. The Kier molecular flexibility index (Phi) is 5.65. The molecule has 8 heteroatoms. The van der Waals surface area contributed by atoms with Crippen LogP contribution in [0.25, 0.3) is 17.1 Å². The molecule has 4 rings (SSSR count). The van der Waals surface area contributed by atoms with Crippen LogP contribution in [0.4, 0.5) is 19.0 Å². The maximum atomic E-state index is 12.9. The Morgan fingerprint density at radius 2 is 1.90 bits per heavy atom. The molecule has 1 aliphatic rings. The lowest BCUT2D eigenvalue weighted by atomic mass is 10.0. The van der Waals surface area contributed by atoms with E-state index in [0.29, 0.717) is 35.3 Å². The number of carbonyl (C=O) groups excluding carboxylic acids is 1. The Bertz CT molecular complexity index is 986. The van der Waals surface area contributed by atoms with Crippen LogP contribution < -0.4 is 5.32 Å².